The van der Waals surface area contributed by atoms with Gasteiger partial charge in [-0.15, -0.1) is 0 Å². The van der Waals surface area contributed by atoms with Crippen LogP contribution < -0.4 is 0 Å². The van der Waals surface area contributed by atoms with E-state index in [0.29, 0.717) is 18.5 Å². The lowest BCUT2D eigenvalue weighted by Crippen LogP contribution is -2.27. The van der Waals surface area contributed by atoms with Crippen LogP contribution in [0, 0.1) is 18.3 Å². The number of carbonyl (C=O) groups excluding carboxylic acids is 1. The van der Waals surface area contributed by atoms with E-state index in [1.165, 1.54) is 4.90 Å². The smallest absolute Gasteiger partial charge is 0.255 e. The zero-order valence-corrected chi connectivity index (χ0v) is 8.90. The van der Waals surface area contributed by atoms with Crippen LogP contribution in [0.2, 0.25) is 0 Å². The zero-order valence-electron chi connectivity index (χ0n) is 8.90. The van der Waals surface area contributed by atoms with Crippen molar-refractivity contribution in [3.8, 4) is 6.07 Å². The minimum absolute atomic E-state index is 0.0993. The summed E-state index contributed by atoms with van der Waals surface area (Å²) < 4.78 is 0. The van der Waals surface area contributed by atoms with E-state index in [4.69, 9.17) is 5.26 Å². The Morgan fingerprint density at radius 2 is 2.33 bits per heavy atom. The van der Waals surface area contributed by atoms with Gasteiger partial charge in [-0.05, 0) is 19.1 Å². The Hall–Kier alpha value is -1.89. The molecule has 1 amide bonds. The van der Waals surface area contributed by atoms with E-state index < -0.39 is 0 Å². The molecule has 0 aromatic carbocycles. The monoisotopic (exact) mass is 203 g/mol. The highest BCUT2D eigenvalue weighted by Crippen LogP contribution is 2.03. The topological polar surface area (TPSA) is 57.0 Å². The van der Waals surface area contributed by atoms with Crippen molar-refractivity contribution in [3.05, 3.63) is 29.6 Å². The summed E-state index contributed by atoms with van der Waals surface area (Å²) in [7, 11) is 1.68. The molecule has 0 bridgehead atoms. The van der Waals surface area contributed by atoms with Crippen LogP contribution in [0.15, 0.2) is 18.3 Å². The Kier molecular flexibility index (Phi) is 3.81. The fraction of sp³-hybridized carbons (Fsp3) is 0.364. The van der Waals surface area contributed by atoms with Crippen LogP contribution in [0.4, 0.5) is 0 Å². The predicted molar refractivity (Wildman–Crippen MR) is 56.2 cm³/mol. The number of rotatable bonds is 3. The predicted octanol–water partition coefficient (Wildman–Crippen LogP) is 1.38. The highest BCUT2D eigenvalue weighted by Gasteiger charge is 2.10. The van der Waals surface area contributed by atoms with Crippen molar-refractivity contribution in [2.75, 3.05) is 13.6 Å². The van der Waals surface area contributed by atoms with Gasteiger partial charge in [0.1, 0.15) is 0 Å². The van der Waals surface area contributed by atoms with Crippen molar-refractivity contribution in [2.45, 2.75) is 13.3 Å². The minimum atomic E-state index is -0.0993. The first-order chi connectivity index (χ1) is 7.15. The van der Waals surface area contributed by atoms with Crippen LogP contribution in [-0.4, -0.2) is 29.4 Å². The number of pyridine rings is 1. The third-order valence-corrected chi connectivity index (χ3v) is 2.06. The average Bonchev–Trinajstić information content (AvgIpc) is 2.26. The largest absolute Gasteiger partial charge is 0.341 e. The first kappa shape index (κ1) is 11.2. The second-order valence-electron chi connectivity index (χ2n) is 3.32. The Morgan fingerprint density at radius 3 is 2.87 bits per heavy atom. The number of aromatic nitrogens is 1. The maximum Gasteiger partial charge on any atom is 0.255 e. The Morgan fingerprint density at radius 1 is 1.60 bits per heavy atom. The number of nitriles is 1. The minimum Gasteiger partial charge on any atom is -0.341 e. The molecule has 15 heavy (non-hydrogen) atoms. The summed E-state index contributed by atoms with van der Waals surface area (Å²) >= 11 is 0. The molecule has 0 unspecified atom stereocenters. The summed E-state index contributed by atoms with van der Waals surface area (Å²) in [5.41, 5.74) is 1.44. The Labute approximate surface area is 89.2 Å². The van der Waals surface area contributed by atoms with Crippen molar-refractivity contribution in [1.82, 2.24) is 9.88 Å². The fourth-order valence-corrected chi connectivity index (χ4v) is 1.13. The lowest BCUT2D eigenvalue weighted by Gasteiger charge is -2.14. The molecule has 0 saturated carbocycles. The van der Waals surface area contributed by atoms with Gasteiger partial charge in [0.05, 0.1) is 18.1 Å². The maximum absolute atomic E-state index is 11.7. The molecule has 1 aromatic heterocycles. The maximum atomic E-state index is 11.7. The molecule has 0 spiro atoms. The van der Waals surface area contributed by atoms with Crippen LogP contribution in [0.5, 0.6) is 0 Å². The first-order valence-corrected chi connectivity index (χ1v) is 4.70. The number of nitrogens with zero attached hydrogens (tertiary/aromatic N) is 3. The van der Waals surface area contributed by atoms with Gasteiger partial charge in [-0.2, -0.15) is 5.26 Å². The third kappa shape index (κ3) is 3.06. The molecule has 78 valence electrons. The van der Waals surface area contributed by atoms with Crippen molar-refractivity contribution >= 4 is 5.91 Å². The van der Waals surface area contributed by atoms with E-state index in [0.717, 1.165) is 5.69 Å². The molecule has 1 heterocycles. The molecule has 1 rings (SSSR count). The van der Waals surface area contributed by atoms with Crippen LogP contribution >= 0.6 is 0 Å². The molecule has 0 saturated heterocycles. The Bertz CT molecular complexity index is 378. The lowest BCUT2D eigenvalue weighted by molar-refractivity contribution is 0.0797. The van der Waals surface area contributed by atoms with Gasteiger partial charge in [-0.3, -0.25) is 9.78 Å². The van der Waals surface area contributed by atoms with E-state index in [2.05, 4.69) is 4.98 Å². The molecular weight excluding hydrogens is 190 g/mol. The van der Waals surface area contributed by atoms with Crippen LogP contribution in [0.3, 0.4) is 0 Å². The number of carbonyl (C=O) groups is 1. The summed E-state index contributed by atoms with van der Waals surface area (Å²) in [6.07, 6.45) is 1.90. The van der Waals surface area contributed by atoms with Crippen molar-refractivity contribution in [2.24, 2.45) is 0 Å². The second kappa shape index (κ2) is 5.11. The van der Waals surface area contributed by atoms with Gasteiger partial charge >= 0.3 is 0 Å². The quantitative estimate of drug-likeness (QED) is 0.745. The SMILES string of the molecule is Cc1ccc(C(=O)N(C)CCC#N)cn1. The van der Waals surface area contributed by atoms with Gasteiger partial charge in [0, 0.05) is 25.5 Å². The molecule has 0 aliphatic rings. The summed E-state index contributed by atoms with van der Waals surface area (Å²) in [6.45, 7) is 2.32. The van der Waals surface area contributed by atoms with Gasteiger partial charge in [0.25, 0.3) is 5.91 Å². The number of hydrogen-bond acceptors (Lipinski definition) is 3. The summed E-state index contributed by atoms with van der Waals surface area (Å²) in [5.74, 6) is -0.0993. The molecule has 4 heteroatoms. The van der Waals surface area contributed by atoms with Crippen molar-refractivity contribution in [3.63, 3.8) is 0 Å². The molecule has 0 aliphatic heterocycles. The van der Waals surface area contributed by atoms with Gasteiger partial charge in [-0.25, -0.2) is 0 Å². The van der Waals surface area contributed by atoms with Crippen LogP contribution in [0.1, 0.15) is 22.5 Å². The van der Waals surface area contributed by atoms with Crippen LogP contribution in [0.25, 0.3) is 0 Å². The van der Waals surface area contributed by atoms with E-state index in [1.54, 1.807) is 25.4 Å². The lowest BCUT2D eigenvalue weighted by atomic mass is 10.2. The summed E-state index contributed by atoms with van der Waals surface area (Å²) in [4.78, 5) is 17.3. The molecule has 0 fully saturated rings. The molecule has 0 radical (unpaired) electrons. The number of hydrogen-bond donors (Lipinski definition) is 0. The van der Waals surface area contributed by atoms with Gasteiger partial charge in [-0.1, -0.05) is 0 Å². The molecular formula is C11H13N3O. The van der Waals surface area contributed by atoms with Crippen molar-refractivity contribution in [1.29, 1.82) is 5.26 Å². The van der Waals surface area contributed by atoms with E-state index in [1.807, 2.05) is 13.0 Å². The van der Waals surface area contributed by atoms with Crippen LogP contribution in [-0.2, 0) is 0 Å². The normalized spacial score (nSPS) is 9.40. The van der Waals surface area contributed by atoms with E-state index in [9.17, 15) is 4.79 Å². The fourth-order valence-electron chi connectivity index (χ4n) is 1.13. The molecule has 4 nitrogen and oxygen atoms in total. The zero-order chi connectivity index (χ0) is 11.3. The summed E-state index contributed by atoms with van der Waals surface area (Å²) in [6, 6.07) is 5.55. The standard InChI is InChI=1S/C11H13N3O/c1-9-4-5-10(8-13-9)11(15)14(2)7-3-6-12/h4-5,8H,3,7H2,1-2H3. The van der Waals surface area contributed by atoms with E-state index >= 15 is 0 Å². The highest BCUT2D eigenvalue weighted by atomic mass is 16.2. The number of amides is 1. The number of aryl methyl sites for hydroxylation is 1. The Balaban J connectivity index is 2.68. The third-order valence-electron chi connectivity index (χ3n) is 2.06. The van der Waals surface area contributed by atoms with E-state index in [-0.39, 0.29) is 5.91 Å². The van der Waals surface area contributed by atoms with Crippen molar-refractivity contribution < 1.29 is 4.79 Å². The average molecular weight is 203 g/mol. The molecule has 0 N–H and O–H groups in total. The molecule has 0 aliphatic carbocycles. The summed E-state index contributed by atoms with van der Waals surface area (Å²) in [5, 5.41) is 8.40. The van der Waals surface area contributed by atoms with Gasteiger partial charge < -0.3 is 4.90 Å². The molecule has 0 atom stereocenters. The second-order valence-corrected chi connectivity index (χ2v) is 3.32. The van der Waals surface area contributed by atoms with Gasteiger partial charge in [0.15, 0.2) is 0 Å². The highest BCUT2D eigenvalue weighted by molar-refractivity contribution is 5.93. The first-order valence-electron chi connectivity index (χ1n) is 4.70. The molecule has 1 aromatic rings. The van der Waals surface area contributed by atoms with Gasteiger partial charge in [0.2, 0.25) is 0 Å².